The van der Waals surface area contributed by atoms with Gasteiger partial charge in [0.1, 0.15) is 5.69 Å². The van der Waals surface area contributed by atoms with Crippen LogP contribution in [0.5, 0.6) is 0 Å². The summed E-state index contributed by atoms with van der Waals surface area (Å²) in [6, 6.07) is 3.69. The maximum absolute atomic E-state index is 12.3. The largest absolute Gasteiger partial charge is 0.396 e. The van der Waals surface area contributed by atoms with Crippen molar-refractivity contribution < 1.29 is 9.90 Å². The van der Waals surface area contributed by atoms with Crippen LogP contribution >= 0.6 is 0 Å². The van der Waals surface area contributed by atoms with Crippen molar-refractivity contribution in [1.82, 2.24) is 15.2 Å². The Bertz CT molecular complexity index is 428. The molecule has 0 unspecified atom stereocenters. The maximum atomic E-state index is 12.3. The Kier molecular flexibility index (Phi) is 4.28. The summed E-state index contributed by atoms with van der Waals surface area (Å²) in [6.07, 6.45) is 0.561. The Morgan fingerprint density at radius 2 is 2.17 bits per heavy atom. The number of carbonyl (C=O) groups excluding carboxylic acids is 1. The molecule has 98 valence electrons. The first kappa shape index (κ1) is 13.0. The quantitative estimate of drug-likeness (QED) is 0.789. The fourth-order valence-electron chi connectivity index (χ4n) is 2.15. The van der Waals surface area contributed by atoms with Gasteiger partial charge in [-0.05, 0) is 31.0 Å². The van der Waals surface area contributed by atoms with E-state index in [0.717, 1.165) is 37.4 Å². The van der Waals surface area contributed by atoms with E-state index in [0.29, 0.717) is 12.1 Å². The molecule has 1 amide bonds. The standard InChI is InChI=1S/C13H19N3O2/c1-10-8-11(2-7-17)9-12(15-10)13(18)16-5-3-14-4-6-16/h8-9,14,17H,2-7H2,1H3. The third kappa shape index (κ3) is 3.05. The van der Waals surface area contributed by atoms with Gasteiger partial charge in [-0.1, -0.05) is 0 Å². The summed E-state index contributed by atoms with van der Waals surface area (Å²) >= 11 is 0. The van der Waals surface area contributed by atoms with Gasteiger partial charge in [-0.15, -0.1) is 0 Å². The van der Waals surface area contributed by atoms with Gasteiger partial charge in [0.25, 0.3) is 5.91 Å². The molecule has 1 aliphatic heterocycles. The van der Waals surface area contributed by atoms with Crippen molar-refractivity contribution in [2.75, 3.05) is 32.8 Å². The van der Waals surface area contributed by atoms with Crippen molar-refractivity contribution >= 4 is 5.91 Å². The minimum absolute atomic E-state index is 0.0145. The number of amides is 1. The predicted octanol–water partition coefficient (Wildman–Crippen LogP) is -0.0298. The van der Waals surface area contributed by atoms with Crippen LogP contribution in [0.15, 0.2) is 12.1 Å². The van der Waals surface area contributed by atoms with Crippen molar-refractivity contribution in [2.24, 2.45) is 0 Å². The van der Waals surface area contributed by atoms with Crippen molar-refractivity contribution in [2.45, 2.75) is 13.3 Å². The Hall–Kier alpha value is -1.46. The number of hydrogen-bond donors (Lipinski definition) is 2. The number of nitrogens with zero attached hydrogens (tertiary/aromatic N) is 2. The number of piperazine rings is 1. The number of rotatable bonds is 3. The van der Waals surface area contributed by atoms with E-state index in [4.69, 9.17) is 5.11 Å². The monoisotopic (exact) mass is 249 g/mol. The Balaban J connectivity index is 2.18. The first-order chi connectivity index (χ1) is 8.70. The summed E-state index contributed by atoms with van der Waals surface area (Å²) < 4.78 is 0. The molecule has 1 aliphatic rings. The van der Waals surface area contributed by atoms with E-state index in [1.165, 1.54) is 0 Å². The highest BCUT2D eigenvalue weighted by atomic mass is 16.3. The van der Waals surface area contributed by atoms with Crippen LogP contribution in [0.25, 0.3) is 0 Å². The van der Waals surface area contributed by atoms with Gasteiger partial charge in [0.15, 0.2) is 0 Å². The van der Waals surface area contributed by atoms with E-state index in [1.54, 1.807) is 6.07 Å². The lowest BCUT2D eigenvalue weighted by Gasteiger charge is -2.27. The molecular formula is C13H19N3O2. The zero-order valence-electron chi connectivity index (χ0n) is 10.6. The molecule has 1 aromatic heterocycles. The highest BCUT2D eigenvalue weighted by Gasteiger charge is 2.19. The normalized spacial score (nSPS) is 15.8. The first-order valence-corrected chi connectivity index (χ1v) is 6.29. The van der Waals surface area contributed by atoms with E-state index < -0.39 is 0 Å². The van der Waals surface area contributed by atoms with Crippen LogP contribution in [0.4, 0.5) is 0 Å². The lowest BCUT2D eigenvalue weighted by molar-refractivity contribution is 0.0729. The van der Waals surface area contributed by atoms with Crippen LogP contribution in [0.2, 0.25) is 0 Å². The van der Waals surface area contributed by atoms with Gasteiger partial charge < -0.3 is 15.3 Å². The van der Waals surface area contributed by atoms with E-state index in [-0.39, 0.29) is 12.5 Å². The van der Waals surface area contributed by atoms with E-state index in [1.807, 2.05) is 17.9 Å². The van der Waals surface area contributed by atoms with Gasteiger partial charge in [-0.2, -0.15) is 0 Å². The SMILES string of the molecule is Cc1cc(CCO)cc(C(=O)N2CCNCC2)n1. The van der Waals surface area contributed by atoms with Crippen LogP contribution in [-0.2, 0) is 6.42 Å². The second-order valence-corrected chi connectivity index (χ2v) is 4.52. The molecule has 0 spiro atoms. The molecule has 0 bridgehead atoms. The maximum Gasteiger partial charge on any atom is 0.272 e. The second kappa shape index (κ2) is 5.93. The zero-order chi connectivity index (χ0) is 13.0. The van der Waals surface area contributed by atoms with Crippen molar-refractivity contribution in [1.29, 1.82) is 0 Å². The summed E-state index contributed by atoms with van der Waals surface area (Å²) in [4.78, 5) is 18.4. The summed E-state index contributed by atoms with van der Waals surface area (Å²) in [6.45, 7) is 5.08. The van der Waals surface area contributed by atoms with Gasteiger partial charge in [0.05, 0.1) is 0 Å². The molecule has 1 saturated heterocycles. The van der Waals surface area contributed by atoms with Gasteiger partial charge in [0, 0.05) is 38.5 Å². The molecule has 2 heterocycles. The predicted molar refractivity (Wildman–Crippen MR) is 68.5 cm³/mol. The van der Waals surface area contributed by atoms with Crippen molar-refractivity contribution in [3.05, 3.63) is 29.1 Å². The Labute approximate surface area is 107 Å². The fourth-order valence-corrected chi connectivity index (χ4v) is 2.15. The molecular weight excluding hydrogens is 230 g/mol. The molecule has 0 aromatic carbocycles. The average Bonchev–Trinajstić information content (AvgIpc) is 2.38. The third-order valence-corrected chi connectivity index (χ3v) is 3.04. The zero-order valence-corrected chi connectivity index (χ0v) is 10.6. The molecule has 2 N–H and O–H groups in total. The smallest absolute Gasteiger partial charge is 0.272 e. The number of nitrogens with one attached hydrogen (secondary N) is 1. The number of aromatic nitrogens is 1. The molecule has 1 fully saturated rings. The van der Waals surface area contributed by atoms with Crippen LogP contribution in [-0.4, -0.2) is 53.7 Å². The highest BCUT2D eigenvalue weighted by molar-refractivity contribution is 5.92. The summed E-state index contributed by atoms with van der Waals surface area (Å²) in [5.41, 5.74) is 2.27. The molecule has 0 atom stereocenters. The summed E-state index contributed by atoms with van der Waals surface area (Å²) in [7, 11) is 0. The highest BCUT2D eigenvalue weighted by Crippen LogP contribution is 2.09. The molecule has 5 nitrogen and oxygen atoms in total. The summed E-state index contributed by atoms with van der Waals surface area (Å²) in [5.74, 6) is -0.0145. The van der Waals surface area contributed by atoms with Crippen molar-refractivity contribution in [3.63, 3.8) is 0 Å². The molecule has 0 radical (unpaired) electrons. The Morgan fingerprint density at radius 3 is 2.83 bits per heavy atom. The first-order valence-electron chi connectivity index (χ1n) is 6.29. The fraction of sp³-hybridized carbons (Fsp3) is 0.538. The summed E-state index contributed by atoms with van der Waals surface area (Å²) in [5, 5.41) is 12.2. The van der Waals surface area contributed by atoms with E-state index in [2.05, 4.69) is 10.3 Å². The second-order valence-electron chi connectivity index (χ2n) is 4.52. The minimum Gasteiger partial charge on any atom is -0.396 e. The number of aliphatic hydroxyl groups is 1. The number of carbonyl (C=O) groups is 1. The number of aryl methyl sites for hydroxylation is 1. The van der Waals surface area contributed by atoms with Crippen molar-refractivity contribution in [3.8, 4) is 0 Å². The lowest BCUT2D eigenvalue weighted by Crippen LogP contribution is -2.46. The van der Waals surface area contributed by atoms with Crippen LogP contribution < -0.4 is 5.32 Å². The minimum atomic E-state index is -0.0145. The van der Waals surface area contributed by atoms with Crippen LogP contribution in [0.3, 0.4) is 0 Å². The van der Waals surface area contributed by atoms with E-state index in [9.17, 15) is 4.79 Å². The number of pyridine rings is 1. The molecule has 2 rings (SSSR count). The van der Waals surface area contributed by atoms with Gasteiger partial charge in [-0.25, -0.2) is 4.98 Å². The van der Waals surface area contributed by atoms with Crippen LogP contribution in [0.1, 0.15) is 21.7 Å². The third-order valence-electron chi connectivity index (χ3n) is 3.04. The van der Waals surface area contributed by atoms with E-state index >= 15 is 0 Å². The van der Waals surface area contributed by atoms with Crippen LogP contribution in [0, 0.1) is 6.92 Å². The number of aliphatic hydroxyl groups excluding tert-OH is 1. The molecule has 18 heavy (non-hydrogen) atoms. The van der Waals surface area contributed by atoms with Gasteiger partial charge in [-0.3, -0.25) is 4.79 Å². The molecule has 0 saturated carbocycles. The van der Waals surface area contributed by atoms with Gasteiger partial charge >= 0.3 is 0 Å². The topological polar surface area (TPSA) is 65.5 Å². The number of hydrogen-bond acceptors (Lipinski definition) is 4. The molecule has 5 heteroatoms. The lowest BCUT2D eigenvalue weighted by atomic mass is 10.1. The molecule has 1 aromatic rings. The Morgan fingerprint density at radius 1 is 1.44 bits per heavy atom. The van der Waals surface area contributed by atoms with Gasteiger partial charge in [0.2, 0.25) is 0 Å². The average molecular weight is 249 g/mol. The molecule has 0 aliphatic carbocycles.